The minimum absolute atomic E-state index is 0.113. The molecule has 0 unspecified atom stereocenters. The van der Waals surface area contributed by atoms with Gasteiger partial charge in [0.15, 0.2) is 0 Å². The molecule has 1 aromatic rings. The van der Waals surface area contributed by atoms with Crippen LogP contribution in [0.3, 0.4) is 0 Å². The third-order valence-corrected chi connectivity index (χ3v) is 1.91. The summed E-state index contributed by atoms with van der Waals surface area (Å²) in [4.78, 5) is 10.4. The Bertz CT molecular complexity index is 348. The summed E-state index contributed by atoms with van der Waals surface area (Å²) < 4.78 is 25.5. The standard InChI is InChI=1S/C10H11F2NO2/c1-6(10(14)15)13-5-7-2-8(11)4-9(12)3-7/h2-4,6,13H,5H2,1H3,(H,14,15)/t6-/m0/s1. The molecule has 0 amide bonds. The van der Waals surface area contributed by atoms with Crippen LogP contribution in [0.5, 0.6) is 0 Å². The molecule has 0 saturated heterocycles. The number of carboxylic acid groups (broad SMARTS) is 1. The first-order chi connectivity index (χ1) is 6.99. The van der Waals surface area contributed by atoms with Crippen LogP contribution >= 0.6 is 0 Å². The lowest BCUT2D eigenvalue weighted by molar-refractivity contribution is -0.139. The highest BCUT2D eigenvalue weighted by Gasteiger charge is 2.09. The van der Waals surface area contributed by atoms with Crippen molar-refractivity contribution in [3.8, 4) is 0 Å². The zero-order valence-corrected chi connectivity index (χ0v) is 8.13. The Balaban J connectivity index is 2.61. The summed E-state index contributed by atoms with van der Waals surface area (Å²) in [6.07, 6.45) is 0. The highest BCUT2D eigenvalue weighted by Crippen LogP contribution is 2.07. The van der Waals surface area contributed by atoms with Gasteiger partial charge in [-0.3, -0.25) is 4.79 Å². The van der Waals surface area contributed by atoms with Crippen molar-refractivity contribution in [3.63, 3.8) is 0 Å². The van der Waals surface area contributed by atoms with Crippen molar-refractivity contribution in [2.75, 3.05) is 0 Å². The van der Waals surface area contributed by atoms with Crippen molar-refractivity contribution in [3.05, 3.63) is 35.4 Å². The Kier molecular flexibility index (Phi) is 3.74. The van der Waals surface area contributed by atoms with Gasteiger partial charge in [-0.2, -0.15) is 0 Å². The summed E-state index contributed by atoms with van der Waals surface area (Å²) in [6.45, 7) is 1.57. The normalized spacial score (nSPS) is 12.5. The quantitative estimate of drug-likeness (QED) is 0.800. The second-order valence-corrected chi connectivity index (χ2v) is 3.22. The summed E-state index contributed by atoms with van der Waals surface area (Å²) in [5, 5.41) is 11.2. The number of halogens is 2. The average Bonchev–Trinajstić information content (AvgIpc) is 2.12. The molecule has 82 valence electrons. The maximum Gasteiger partial charge on any atom is 0.320 e. The van der Waals surface area contributed by atoms with Crippen LogP contribution in [-0.2, 0) is 11.3 Å². The van der Waals surface area contributed by atoms with E-state index >= 15 is 0 Å². The van der Waals surface area contributed by atoms with Crippen molar-refractivity contribution in [1.82, 2.24) is 5.32 Å². The molecule has 1 rings (SSSR count). The van der Waals surface area contributed by atoms with Crippen molar-refractivity contribution in [2.24, 2.45) is 0 Å². The van der Waals surface area contributed by atoms with Gasteiger partial charge in [0.05, 0.1) is 0 Å². The first-order valence-corrected chi connectivity index (χ1v) is 4.40. The molecule has 0 heterocycles. The number of carbonyl (C=O) groups is 1. The fraction of sp³-hybridized carbons (Fsp3) is 0.300. The molecular weight excluding hydrogens is 204 g/mol. The molecule has 1 atom stereocenters. The monoisotopic (exact) mass is 215 g/mol. The van der Waals surface area contributed by atoms with E-state index in [1.807, 2.05) is 0 Å². The molecule has 0 aliphatic carbocycles. The predicted molar refractivity (Wildman–Crippen MR) is 50.3 cm³/mol. The number of rotatable bonds is 4. The van der Waals surface area contributed by atoms with Crippen LogP contribution in [0.4, 0.5) is 8.78 Å². The Morgan fingerprint density at radius 1 is 1.40 bits per heavy atom. The van der Waals surface area contributed by atoms with Crippen molar-refractivity contribution in [2.45, 2.75) is 19.5 Å². The van der Waals surface area contributed by atoms with Crippen LogP contribution in [-0.4, -0.2) is 17.1 Å². The van der Waals surface area contributed by atoms with Gasteiger partial charge in [0.1, 0.15) is 17.7 Å². The van der Waals surface area contributed by atoms with E-state index in [0.717, 1.165) is 18.2 Å². The zero-order chi connectivity index (χ0) is 11.4. The average molecular weight is 215 g/mol. The molecule has 0 radical (unpaired) electrons. The molecule has 3 nitrogen and oxygen atoms in total. The van der Waals surface area contributed by atoms with Crippen molar-refractivity contribution in [1.29, 1.82) is 0 Å². The number of nitrogens with one attached hydrogen (secondary N) is 1. The van der Waals surface area contributed by atoms with Crippen LogP contribution in [0.1, 0.15) is 12.5 Å². The van der Waals surface area contributed by atoms with Crippen LogP contribution in [0.2, 0.25) is 0 Å². The fourth-order valence-corrected chi connectivity index (χ4v) is 1.07. The Morgan fingerprint density at radius 3 is 2.40 bits per heavy atom. The number of benzene rings is 1. The second-order valence-electron chi connectivity index (χ2n) is 3.22. The van der Waals surface area contributed by atoms with Gasteiger partial charge in [-0.15, -0.1) is 0 Å². The summed E-state index contributed by atoms with van der Waals surface area (Å²) >= 11 is 0. The number of carboxylic acids is 1. The van der Waals surface area contributed by atoms with Gasteiger partial charge >= 0.3 is 5.97 Å². The molecule has 0 fully saturated rings. The molecule has 15 heavy (non-hydrogen) atoms. The predicted octanol–water partition coefficient (Wildman–Crippen LogP) is 1.53. The first kappa shape index (κ1) is 11.6. The molecule has 2 N–H and O–H groups in total. The van der Waals surface area contributed by atoms with E-state index in [4.69, 9.17) is 5.11 Å². The van der Waals surface area contributed by atoms with Gasteiger partial charge in [0.25, 0.3) is 0 Å². The van der Waals surface area contributed by atoms with Crippen LogP contribution in [0, 0.1) is 11.6 Å². The Hall–Kier alpha value is -1.49. The zero-order valence-electron chi connectivity index (χ0n) is 8.13. The van der Waals surface area contributed by atoms with Gasteiger partial charge in [-0.25, -0.2) is 8.78 Å². The first-order valence-electron chi connectivity index (χ1n) is 4.40. The van der Waals surface area contributed by atoms with Gasteiger partial charge in [-0.05, 0) is 24.6 Å². The van der Waals surface area contributed by atoms with Crippen molar-refractivity contribution < 1.29 is 18.7 Å². The number of hydrogen-bond acceptors (Lipinski definition) is 2. The van der Waals surface area contributed by atoms with Crippen LogP contribution < -0.4 is 5.32 Å². The molecular formula is C10H11F2NO2. The van der Waals surface area contributed by atoms with Gasteiger partial charge in [-0.1, -0.05) is 0 Å². The lowest BCUT2D eigenvalue weighted by atomic mass is 10.2. The second kappa shape index (κ2) is 4.84. The van der Waals surface area contributed by atoms with E-state index in [0.29, 0.717) is 5.56 Å². The maximum atomic E-state index is 12.7. The third-order valence-electron chi connectivity index (χ3n) is 1.91. The van der Waals surface area contributed by atoms with Gasteiger partial charge < -0.3 is 10.4 Å². The largest absolute Gasteiger partial charge is 0.480 e. The molecule has 0 aliphatic heterocycles. The summed E-state index contributed by atoms with van der Waals surface area (Å²) in [7, 11) is 0. The minimum Gasteiger partial charge on any atom is -0.480 e. The molecule has 0 aromatic heterocycles. The van der Waals surface area contributed by atoms with E-state index in [-0.39, 0.29) is 6.54 Å². The van der Waals surface area contributed by atoms with Gasteiger partial charge in [0, 0.05) is 12.6 Å². The number of hydrogen-bond donors (Lipinski definition) is 2. The minimum atomic E-state index is -1.01. The van der Waals surface area contributed by atoms with Gasteiger partial charge in [0.2, 0.25) is 0 Å². The highest BCUT2D eigenvalue weighted by molar-refractivity contribution is 5.72. The summed E-state index contributed by atoms with van der Waals surface area (Å²) in [5.74, 6) is -2.35. The molecule has 1 aromatic carbocycles. The maximum absolute atomic E-state index is 12.7. The topological polar surface area (TPSA) is 49.3 Å². The molecule has 0 saturated carbocycles. The number of aliphatic carboxylic acids is 1. The lowest BCUT2D eigenvalue weighted by Gasteiger charge is -2.08. The van der Waals surface area contributed by atoms with E-state index in [2.05, 4.69) is 5.32 Å². The summed E-state index contributed by atoms with van der Waals surface area (Å²) in [5.41, 5.74) is 0.376. The fourth-order valence-electron chi connectivity index (χ4n) is 1.07. The highest BCUT2D eigenvalue weighted by atomic mass is 19.1. The Morgan fingerprint density at radius 2 is 1.93 bits per heavy atom. The van der Waals surface area contributed by atoms with E-state index in [1.54, 1.807) is 0 Å². The lowest BCUT2D eigenvalue weighted by Crippen LogP contribution is -2.33. The Labute approximate surface area is 85.7 Å². The SMILES string of the molecule is C[C@H](NCc1cc(F)cc(F)c1)C(=O)O. The molecule has 0 spiro atoms. The van der Waals surface area contributed by atoms with Crippen LogP contribution in [0.25, 0.3) is 0 Å². The van der Waals surface area contributed by atoms with E-state index in [9.17, 15) is 13.6 Å². The summed E-state index contributed by atoms with van der Waals surface area (Å²) in [6, 6.07) is 2.33. The van der Waals surface area contributed by atoms with E-state index < -0.39 is 23.6 Å². The van der Waals surface area contributed by atoms with Crippen LogP contribution in [0.15, 0.2) is 18.2 Å². The molecule has 0 aliphatic rings. The molecule has 5 heteroatoms. The van der Waals surface area contributed by atoms with Crippen molar-refractivity contribution >= 4 is 5.97 Å². The molecule has 0 bridgehead atoms. The third kappa shape index (κ3) is 3.63. The van der Waals surface area contributed by atoms with E-state index in [1.165, 1.54) is 6.92 Å². The smallest absolute Gasteiger partial charge is 0.320 e.